The zero-order chi connectivity index (χ0) is 16.1. The van der Waals surface area contributed by atoms with Gasteiger partial charge >= 0.3 is 0 Å². The fraction of sp³-hybridized carbons (Fsp3) is 0.438. The smallest absolute Gasteiger partial charge is 0.259 e. The average molecular weight is 346 g/mol. The van der Waals surface area contributed by atoms with Crippen LogP contribution in [0, 0.1) is 13.8 Å². The Morgan fingerprint density at radius 2 is 2.22 bits per heavy atom. The molecule has 3 aromatic rings. The Balaban J connectivity index is 1.68. The highest BCUT2D eigenvalue weighted by molar-refractivity contribution is 7.99. The van der Waals surface area contributed by atoms with Crippen LogP contribution in [0.15, 0.2) is 22.3 Å². The molecule has 1 atom stereocenters. The third kappa shape index (κ3) is 2.61. The molecule has 23 heavy (non-hydrogen) atoms. The minimum atomic E-state index is -0.0372. The first-order valence-electron chi connectivity index (χ1n) is 7.74. The van der Waals surface area contributed by atoms with Gasteiger partial charge in [0, 0.05) is 23.3 Å². The molecule has 0 saturated heterocycles. The van der Waals surface area contributed by atoms with E-state index in [0.29, 0.717) is 6.04 Å². The van der Waals surface area contributed by atoms with Gasteiger partial charge in [0.15, 0.2) is 5.16 Å². The minimum absolute atomic E-state index is 0.0372. The fourth-order valence-corrected chi connectivity index (χ4v) is 4.73. The number of nitrogens with zero attached hydrogens (tertiary/aromatic N) is 3. The Bertz CT molecular complexity index is 935. The lowest BCUT2D eigenvalue weighted by Gasteiger charge is -2.11. The predicted octanol–water partition coefficient (Wildman–Crippen LogP) is 3.99. The molecular weight excluding hydrogens is 328 g/mol. The fourth-order valence-electron chi connectivity index (χ4n) is 2.70. The molecule has 0 amide bonds. The number of nitrogens with one attached hydrogen (secondary N) is 1. The monoisotopic (exact) mass is 346 g/mol. The van der Waals surface area contributed by atoms with Crippen molar-refractivity contribution in [3.8, 4) is 0 Å². The van der Waals surface area contributed by atoms with E-state index in [1.165, 1.54) is 12.8 Å². The quantitative estimate of drug-likeness (QED) is 0.726. The predicted molar refractivity (Wildman–Crippen MR) is 94.5 cm³/mol. The first-order valence-corrected chi connectivity index (χ1v) is 9.43. The molecule has 0 radical (unpaired) electrons. The second-order valence-electron chi connectivity index (χ2n) is 6.02. The summed E-state index contributed by atoms with van der Waals surface area (Å²) in [6.45, 7) is 6.08. The number of thiophene rings is 1. The molecule has 1 saturated carbocycles. The van der Waals surface area contributed by atoms with Gasteiger partial charge in [0.2, 0.25) is 0 Å². The molecule has 1 N–H and O–H groups in total. The van der Waals surface area contributed by atoms with E-state index in [2.05, 4.69) is 21.5 Å². The van der Waals surface area contributed by atoms with Crippen LogP contribution in [0.25, 0.3) is 10.2 Å². The van der Waals surface area contributed by atoms with Crippen molar-refractivity contribution >= 4 is 33.3 Å². The first kappa shape index (κ1) is 15.0. The lowest BCUT2D eigenvalue weighted by atomic mass is 10.2. The Morgan fingerprint density at radius 1 is 1.43 bits per heavy atom. The van der Waals surface area contributed by atoms with Crippen molar-refractivity contribution in [3.63, 3.8) is 0 Å². The maximum Gasteiger partial charge on any atom is 0.259 e. The molecule has 0 unspecified atom stereocenters. The van der Waals surface area contributed by atoms with Crippen molar-refractivity contribution in [2.24, 2.45) is 0 Å². The summed E-state index contributed by atoms with van der Waals surface area (Å²) in [4.78, 5) is 26.5. The van der Waals surface area contributed by atoms with Crippen LogP contribution in [0.4, 0.5) is 0 Å². The number of thioether (sulfide) groups is 1. The number of rotatable bonds is 4. The second kappa shape index (κ2) is 5.49. The number of aromatic nitrogens is 4. The molecule has 7 heteroatoms. The molecular formula is C16H18N4OS2. The van der Waals surface area contributed by atoms with E-state index in [0.717, 1.165) is 31.6 Å². The summed E-state index contributed by atoms with van der Waals surface area (Å²) in [5.74, 6) is 0.721. The second-order valence-corrected chi connectivity index (χ2v) is 8.53. The van der Waals surface area contributed by atoms with Gasteiger partial charge in [-0.3, -0.25) is 4.79 Å². The van der Waals surface area contributed by atoms with Crippen molar-refractivity contribution in [1.29, 1.82) is 0 Å². The average Bonchev–Trinajstić information content (AvgIpc) is 3.18. The van der Waals surface area contributed by atoms with Crippen LogP contribution in [0.1, 0.15) is 47.3 Å². The summed E-state index contributed by atoms with van der Waals surface area (Å²) in [5, 5.41) is 1.78. The lowest BCUT2D eigenvalue weighted by molar-refractivity contribution is 0.661. The summed E-state index contributed by atoms with van der Waals surface area (Å²) in [5.41, 5.74) is 1.000. The minimum Gasteiger partial charge on any atom is -0.323 e. The van der Waals surface area contributed by atoms with Gasteiger partial charge in [0.25, 0.3) is 5.56 Å². The van der Waals surface area contributed by atoms with Crippen LogP contribution in [-0.4, -0.2) is 19.5 Å². The van der Waals surface area contributed by atoms with Gasteiger partial charge < -0.3 is 9.55 Å². The van der Waals surface area contributed by atoms with E-state index in [9.17, 15) is 4.79 Å². The standard InChI is InChI=1S/C16H18N4OS2/c1-8-9(2)22-15-12(8)14(21)18-13(19-15)10(3)23-16-17-6-7-20(16)11-4-5-11/h6-7,10-11H,4-5H2,1-3H3,(H,18,19,21)/t10-/m0/s1. The lowest BCUT2D eigenvalue weighted by Crippen LogP contribution is -2.12. The molecule has 0 bridgehead atoms. The molecule has 0 spiro atoms. The molecule has 0 aromatic carbocycles. The summed E-state index contributed by atoms with van der Waals surface area (Å²) in [6.07, 6.45) is 6.34. The summed E-state index contributed by atoms with van der Waals surface area (Å²) in [6, 6.07) is 0.601. The molecule has 1 fully saturated rings. The van der Waals surface area contributed by atoms with Crippen LogP contribution >= 0.6 is 23.1 Å². The maximum atomic E-state index is 12.4. The zero-order valence-corrected chi connectivity index (χ0v) is 14.9. The molecule has 0 aliphatic heterocycles. The topological polar surface area (TPSA) is 63.6 Å². The van der Waals surface area contributed by atoms with E-state index in [1.54, 1.807) is 23.1 Å². The summed E-state index contributed by atoms with van der Waals surface area (Å²) >= 11 is 3.24. The van der Waals surface area contributed by atoms with Gasteiger partial charge in [-0.15, -0.1) is 11.3 Å². The number of aryl methyl sites for hydroxylation is 2. The van der Waals surface area contributed by atoms with Gasteiger partial charge in [0.05, 0.1) is 10.6 Å². The van der Waals surface area contributed by atoms with E-state index < -0.39 is 0 Å². The van der Waals surface area contributed by atoms with Gasteiger partial charge in [0.1, 0.15) is 10.7 Å². The van der Waals surface area contributed by atoms with Gasteiger partial charge in [-0.05, 0) is 39.2 Å². The number of hydrogen-bond donors (Lipinski definition) is 1. The highest BCUT2D eigenvalue weighted by Crippen LogP contribution is 2.40. The zero-order valence-electron chi connectivity index (χ0n) is 13.3. The number of imidazole rings is 1. The highest BCUT2D eigenvalue weighted by atomic mass is 32.2. The van der Waals surface area contributed by atoms with Gasteiger partial charge in [-0.25, -0.2) is 9.97 Å². The largest absolute Gasteiger partial charge is 0.323 e. The third-order valence-corrected chi connectivity index (χ3v) is 6.50. The van der Waals surface area contributed by atoms with Gasteiger partial charge in [-0.2, -0.15) is 0 Å². The van der Waals surface area contributed by atoms with Gasteiger partial charge in [-0.1, -0.05) is 11.8 Å². The highest BCUT2D eigenvalue weighted by Gasteiger charge is 2.26. The SMILES string of the molecule is Cc1sc2nc([C@H](C)Sc3nccn3C3CC3)[nH]c(=O)c2c1C. The van der Waals surface area contributed by atoms with E-state index >= 15 is 0 Å². The van der Waals surface area contributed by atoms with Crippen molar-refractivity contribution in [3.05, 3.63) is 39.0 Å². The third-order valence-electron chi connectivity index (χ3n) is 4.30. The summed E-state index contributed by atoms with van der Waals surface area (Å²) < 4.78 is 2.23. The van der Waals surface area contributed by atoms with Crippen molar-refractivity contribution in [1.82, 2.24) is 19.5 Å². The number of H-pyrrole nitrogens is 1. The van der Waals surface area contributed by atoms with Crippen molar-refractivity contribution in [2.45, 2.75) is 50.1 Å². The molecule has 3 heterocycles. The van der Waals surface area contributed by atoms with Crippen molar-refractivity contribution in [2.75, 3.05) is 0 Å². The van der Waals surface area contributed by atoms with Crippen molar-refractivity contribution < 1.29 is 0 Å². The van der Waals surface area contributed by atoms with Crippen LogP contribution in [0.5, 0.6) is 0 Å². The molecule has 120 valence electrons. The Morgan fingerprint density at radius 3 is 2.96 bits per heavy atom. The molecule has 5 nitrogen and oxygen atoms in total. The van der Waals surface area contributed by atoms with E-state index in [1.807, 2.05) is 26.2 Å². The Hall–Kier alpha value is -1.60. The maximum absolute atomic E-state index is 12.4. The molecule has 1 aliphatic carbocycles. The summed E-state index contributed by atoms with van der Waals surface area (Å²) in [7, 11) is 0. The molecule has 3 aromatic heterocycles. The first-order chi connectivity index (χ1) is 11.0. The Labute approximate surface area is 142 Å². The van der Waals surface area contributed by atoms with Crippen LogP contribution < -0.4 is 5.56 Å². The number of hydrogen-bond acceptors (Lipinski definition) is 5. The van der Waals surface area contributed by atoms with E-state index in [-0.39, 0.29) is 10.8 Å². The Kier molecular flexibility index (Phi) is 3.57. The van der Waals surface area contributed by atoms with Crippen LogP contribution in [0.2, 0.25) is 0 Å². The van der Waals surface area contributed by atoms with E-state index in [4.69, 9.17) is 4.98 Å². The normalized spacial score (nSPS) is 16.1. The molecule has 1 aliphatic rings. The molecule has 4 rings (SSSR count). The number of fused-ring (bicyclic) bond motifs is 1. The number of aromatic amines is 1. The van der Waals surface area contributed by atoms with Crippen LogP contribution in [-0.2, 0) is 0 Å². The van der Waals surface area contributed by atoms with Crippen LogP contribution in [0.3, 0.4) is 0 Å².